The maximum atomic E-state index is 4.45. The second-order valence-electron chi connectivity index (χ2n) is 4.69. The molecule has 0 aliphatic rings. The number of benzene rings is 1. The summed E-state index contributed by atoms with van der Waals surface area (Å²) >= 11 is 0. The lowest BCUT2D eigenvalue weighted by Crippen LogP contribution is -1.85. The fraction of sp³-hybridized carbons (Fsp3) is 0.125. The van der Waals surface area contributed by atoms with E-state index < -0.39 is 0 Å². The first kappa shape index (κ1) is 11.7. The smallest absolute Gasteiger partial charge is 0.137 e. The van der Waals surface area contributed by atoms with E-state index in [-0.39, 0.29) is 0 Å². The van der Waals surface area contributed by atoms with Gasteiger partial charge in [0.05, 0.1) is 11.9 Å². The van der Waals surface area contributed by atoms with Gasteiger partial charge in [0, 0.05) is 23.5 Å². The predicted octanol–water partition coefficient (Wildman–Crippen LogP) is 3.76. The summed E-state index contributed by atoms with van der Waals surface area (Å²) in [5.41, 5.74) is 5.71. The molecule has 0 bridgehead atoms. The van der Waals surface area contributed by atoms with E-state index in [2.05, 4.69) is 47.0 Å². The van der Waals surface area contributed by atoms with Crippen molar-refractivity contribution in [3.63, 3.8) is 0 Å². The molecule has 94 valence electrons. The molecule has 2 aromatic heterocycles. The van der Waals surface area contributed by atoms with Gasteiger partial charge < -0.3 is 4.98 Å². The number of nitrogens with one attached hydrogen (secondary N) is 1. The molecule has 0 fully saturated rings. The molecule has 0 unspecified atom stereocenters. The summed E-state index contributed by atoms with van der Waals surface area (Å²) in [6.07, 6.45) is 5.45. The van der Waals surface area contributed by atoms with Crippen LogP contribution in [-0.4, -0.2) is 15.0 Å². The maximum absolute atomic E-state index is 4.45. The van der Waals surface area contributed by atoms with Gasteiger partial charge in [-0.25, -0.2) is 4.98 Å². The molecule has 3 rings (SSSR count). The van der Waals surface area contributed by atoms with Gasteiger partial charge in [-0.3, -0.25) is 4.98 Å². The molecule has 0 atom stereocenters. The van der Waals surface area contributed by atoms with Crippen LogP contribution in [0.25, 0.3) is 22.6 Å². The summed E-state index contributed by atoms with van der Waals surface area (Å²) in [5.74, 6) is 0.891. The van der Waals surface area contributed by atoms with Crippen molar-refractivity contribution in [3.8, 4) is 22.6 Å². The van der Waals surface area contributed by atoms with Gasteiger partial charge in [-0.15, -0.1) is 0 Å². The zero-order valence-corrected chi connectivity index (χ0v) is 11.0. The summed E-state index contributed by atoms with van der Waals surface area (Å²) in [7, 11) is 0. The number of aromatic amines is 1. The third kappa shape index (κ3) is 2.27. The molecular weight excluding hydrogens is 234 g/mol. The van der Waals surface area contributed by atoms with Crippen LogP contribution in [0.5, 0.6) is 0 Å². The van der Waals surface area contributed by atoms with Crippen LogP contribution in [-0.2, 0) is 0 Å². The van der Waals surface area contributed by atoms with Crippen LogP contribution in [0.15, 0.2) is 48.9 Å². The molecule has 3 nitrogen and oxygen atoms in total. The number of hydrogen-bond donors (Lipinski definition) is 1. The first-order chi connectivity index (χ1) is 9.24. The van der Waals surface area contributed by atoms with Gasteiger partial charge >= 0.3 is 0 Å². The van der Waals surface area contributed by atoms with E-state index in [1.165, 1.54) is 11.1 Å². The van der Waals surface area contributed by atoms with Crippen molar-refractivity contribution >= 4 is 0 Å². The number of H-pyrrole nitrogens is 1. The minimum Gasteiger partial charge on any atom is -0.338 e. The maximum Gasteiger partial charge on any atom is 0.137 e. The Hall–Kier alpha value is -2.42. The third-order valence-corrected chi connectivity index (χ3v) is 3.33. The van der Waals surface area contributed by atoms with E-state index in [1.807, 2.05) is 24.5 Å². The van der Waals surface area contributed by atoms with Crippen LogP contribution >= 0.6 is 0 Å². The molecule has 3 aromatic rings. The van der Waals surface area contributed by atoms with Gasteiger partial charge in [0.1, 0.15) is 5.82 Å². The Labute approximate surface area is 112 Å². The van der Waals surface area contributed by atoms with Crippen LogP contribution in [0.1, 0.15) is 11.1 Å². The average Bonchev–Trinajstić information content (AvgIpc) is 2.93. The van der Waals surface area contributed by atoms with Crippen molar-refractivity contribution in [1.29, 1.82) is 0 Å². The van der Waals surface area contributed by atoms with Crippen LogP contribution in [0.4, 0.5) is 0 Å². The number of rotatable bonds is 2. The summed E-state index contributed by atoms with van der Waals surface area (Å²) < 4.78 is 0. The molecule has 0 saturated heterocycles. The van der Waals surface area contributed by atoms with Crippen molar-refractivity contribution in [2.45, 2.75) is 13.8 Å². The molecule has 0 radical (unpaired) electrons. The average molecular weight is 249 g/mol. The summed E-state index contributed by atoms with van der Waals surface area (Å²) in [4.78, 5) is 11.9. The molecule has 0 amide bonds. The number of nitrogens with zero attached hydrogens (tertiary/aromatic N) is 2. The standard InChI is InChI=1S/C16H15N3/c1-11-5-6-13(8-12(11)2)16-18-10-15(19-16)14-4-3-7-17-9-14/h3-10H,1-2H3,(H,18,19). The molecule has 0 aliphatic heterocycles. The molecule has 1 aromatic carbocycles. The van der Waals surface area contributed by atoms with Crippen LogP contribution in [0.2, 0.25) is 0 Å². The summed E-state index contributed by atoms with van der Waals surface area (Å²) in [6.45, 7) is 4.23. The second kappa shape index (κ2) is 4.69. The first-order valence-corrected chi connectivity index (χ1v) is 6.27. The first-order valence-electron chi connectivity index (χ1n) is 6.27. The Balaban J connectivity index is 1.99. The highest BCUT2D eigenvalue weighted by molar-refractivity contribution is 5.64. The van der Waals surface area contributed by atoms with Gasteiger partial charge in [0.2, 0.25) is 0 Å². The van der Waals surface area contributed by atoms with Gasteiger partial charge in [-0.2, -0.15) is 0 Å². The van der Waals surface area contributed by atoms with Crippen molar-refractivity contribution in [3.05, 3.63) is 60.0 Å². The molecule has 0 spiro atoms. The number of imidazole rings is 1. The lowest BCUT2D eigenvalue weighted by Gasteiger charge is -2.02. The van der Waals surface area contributed by atoms with Crippen LogP contribution in [0.3, 0.4) is 0 Å². The summed E-state index contributed by atoms with van der Waals surface area (Å²) in [5, 5.41) is 0. The fourth-order valence-electron chi connectivity index (χ4n) is 2.03. The molecular formula is C16H15N3. The minimum atomic E-state index is 0.891. The lowest BCUT2D eigenvalue weighted by molar-refractivity contribution is 1.27. The van der Waals surface area contributed by atoms with E-state index >= 15 is 0 Å². The Bertz CT molecular complexity index is 699. The number of aromatic nitrogens is 3. The Morgan fingerprint density at radius 2 is 1.84 bits per heavy atom. The normalized spacial score (nSPS) is 10.6. The quantitative estimate of drug-likeness (QED) is 0.751. The predicted molar refractivity (Wildman–Crippen MR) is 76.7 cm³/mol. The van der Waals surface area contributed by atoms with E-state index in [0.717, 1.165) is 22.6 Å². The minimum absolute atomic E-state index is 0.891. The highest BCUT2D eigenvalue weighted by atomic mass is 14.9. The Kier molecular flexibility index (Phi) is 2.88. The Morgan fingerprint density at radius 3 is 2.58 bits per heavy atom. The zero-order valence-electron chi connectivity index (χ0n) is 11.0. The van der Waals surface area contributed by atoms with Gasteiger partial charge in [-0.05, 0) is 43.2 Å². The molecule has 3 heteroatoms. The Morgan fingerprint density at radius 1 is 0.947 bits per heavy atom. The topological polar surface area (TPSA) is 41.6 Å². The molecule has 19 heavy (non-hydrogen) atoms. The number of hydrogen-bond acceptors (Lipinski definition) is 2. The molecule has 1 N–H and O–H groups in total. The van der Waals surface area contributed by atoms with Crippen molar-refractivity contribution in [2.75, 3.05) is 0 Å². The largest absolute Gasteiger partial charge is 0.338 e. The SMILES string of the molecule is Cc1ccc(-c2ncc(-c3cccnc3)[nH]2)cc1C. The zero-order chi connectivity index (χ0) is 13.2. The van der Waals surface area contributed by atoms with Crippen LogP contribution in [0, 0.1) is 13.8 Å². The highest BCUT2D eigenvalue weighted by Gasteiger charge is 2.06. The fourth-order valence-corrected chi connectivity index (χ4v) is 2.03. The van der Waals surface area contributed by atoms with Crippen LogP contribution < -0.4 is 0 Å². The monoisotopic (exact) mass is 249 g/mol. The van der Waals surface area contributed by atoms with Gasteiger partial charge in [-0.1, -0.05) is 12.1 Å². The second-order valence-corrected chi connectivity index (χ2v) is 4.69. The van der Waals surface area contributed by atoms with Gasteiger partial charge in [0.25, 0.3) is 0 Å². The molecule has 0 aliphatic carbocycles. The highest BCUT2D eigenvalue weighted by Crippen LogP contribution is 2.23. The molecule has 0 saturated carbocycles. The van der Waals surface area contributed by atoms with E-state index in [0.29, 0.717) is 0 Å². The summed E-state index contributed by atoms with van der Waals surface area (Å²) in [6, 6.07) is 10.3. The number of aryl methyl sites for hydroxylation is 2. The van der Waals surface area contributed by atoms with E-state index in [1.54, 1.807) is 6.20 Å². The van der Waals surface area contributed by atoms with Crippen molar-refractivity contribution < 1.29 is 0 Å². The lowest BCUT2D eigenvalue weighted by atomic mass is 10.1. The van der Waals surface area contributed by atoms with Crippen molar-refractivity contribution in [2.24, 2.45) is 0 Å². The van der Waals surface area contributed by atoms with Gasteiger partial charge in [0.15, 0.2) is 0 Å². The number of pyridine rings is 1. The van der Waals surface area contributed by atoms with Crippen molar-refractivity contribution in [1.82, 2.24) is 15.0 Å². The van der Waals surface area contributed by atoms with E-state index in [4.69, 9.17) is 0 Å². The molecule has 2 heterocycles. The third-order valence-electron chi connectivity index (χ3n) is 3.33. The van der Waals surface area contributed by atoms with E-state index in [9.17, 15) is 0 Å².